The lowest BCUT2D eigenvalue weighted by Crippen LogP contribution is -2.31. The number of anilines is 1. The minimum atomic E-state index is -0.479. The Morgan fingerprint density at radius 3 is 2.04 bits per heavy atom. The van der Waals surface area contributed by atoms with E-state index in [1.807, 2.05) is 30.3 Å². The summed E-state index contributed by atoms with van der Waals surface area (Å²) in [6, 6.07) is 16.4. The molecule has 0 atom stereocenters. The van der Waals surface area contributed by atoms with Gasteiger partial charge in [-0.05, 0) is 29.2 Å². The highest BCUT2D eigenvalue weighted by molar-refractivity contribution is 6.60. The Morgan fingerprint density at radius 1 is 0.870 bits per heavy atom. The second-order valence-electron chi connectivity index (χ2n) is 5.75. The highest BCUT2D eigenvalue weighted by Gasteiger charge is 2.39. The molecule has 0 N–H and O–H groups in total. The number of imide groups is 1. The number of amides is 2. The number of nitrogens with zero attached hydrogens (tertiary/aromatic N) is 1. The molecule has 0 aliphatic carbocycles. The Labute approximate surface area is 140 Å². The van der Waals surface area contributed by atoms with E-state index in [0.29, 0.717) is 17.2 Å². The van der Waals surface area contributed by atoms with Crippen LogP contribution in [0, 0.1) is 0 Å². The molecule has 1 heterocycles. The van der Waals surface area contributed by atoms with E-state index in [2.05, 4.69) is 13.8 Å². The van der Waals surface area contributed by atoms with Crippen molar-refractivity contribution in [2.45, 2.75) is 19.8 Å². The first-order valence-electron chi connectivity index (χ1n) is 7.44. The highest BCUT2D eigenvalue weighted by atomic mass is 35.5. The standard InChI is InChI=1S/C19H16ClNO2/c1-12(2)13-8-10-15(11-9-13)21-18(22)16(17(20)19(21)23)14-6-4-3-5-7-14/h3-12H,1-2H3. The van der Waals surface area contributed by atoms with Gasteiger partial charge in [-0.1, -0.05) is 67.9 Å². The Hall–Kier alpha value is -2.39. The van der Waals surface area contributed by atoms with E-state index >= 15 is 0 Å². The van der Waals surface area contributed by atoms with Gasteiger partial charge < -0.3 is 0 Å². The van der Waals surface area contributed by atoms with E-state index in [9.17, 15) is 9.59 Å². The third-order valence-corrected chi connectivity index (χ3v) is 4.26. The van der Waals surface area contributed by atoms with Crippen molar-refractivity contribution < 1.29 is 9.59 Å². The zero-order chi connectivity index (χ0) is 16.6. The van der Waals surface area contributed by atoms with Crippen LogP contribution in [0.3, 0.4) is 0 Å². The van der Waals surface area contributed by atoms with E-state index in [0.717, 1.165) is 10.5 Å². The number of halogens is 1. The lowest BCUT2D eigenvalue weighted by atomic mass is 10.0. The number of hydrogen-bond donors (Lipinski definition) is 0. The lowest BCUT2D eigenvalue weighted by Gasteiger charge is -2.16. The van der Waals surface area contributed by atoms with Gasteiger partial charge in [0.25, 0.3) is 11.8 Å². The maximum atomic E-state index is 12.7. The predicted octanol–water partition coefficient (Wildman–Crippen LogP) is 4.33. The maximum Gasteiger partial charge on any atom is 0.277 e. The number of benzene rings is 2. The molecule has 2 amide bonds. The first-order chi connectivity index (χ1) is 11.0. The van der Waals surface area contributed by atoms with Gasteiger partial charge in [0.1, 0.15) is 5.03 Å². The Bertz CT molecular complexity index is 792. The van der Waals surface area contributed by atoms with Gasteiger partial charge in [0.05, 0.1) is 11.3 Å². The first-order valence-corrected chi connectivity index (χ1v) is 7.82. The Balaban J connectivity index is 1.98. The molecule has 0 saturated carbocycles. The summed E-state index contributed by atoms with van der Waals surface area (Å²) in [5.74, 6) is -0.480. The Morgan fingerprint density at radius 2 is 1.48 bits per heavy atom. The van der Waals surface area contributed by atoms with Gasteiger partial charge in [0.15, 0.2) is 0 Å². The quantitative estimate of drug-likeness (QED) is 0.787. The van der Waals surface area contributed by atoms with E-state index in [1.54, 1.807) is 24.3 Å². The van der Waals surface area contributed by atoms with Crippen molar-refractivity contribution in [2.24, 2.45) is 0 Å². The molecule has 3 nitrogen and oxygen atoms in total. The average molecular weight is 326 g/mol. The molecule has 0 fully saturated rings. The van der Waals surface area contributed by atoms with Gasteiger partial charge >= 0.3 is 0 Å². The average Bonchev–Trinajstić information content (AvgIpc) is 2.78. The van der Waals surface area contributed by atoms with Crippen LogP contribution in [0.2, 0.25) is 0 Å². The second-order valence-corrected chi connectivity index (χ2v) is 6.12. The smallest absolute Gasteiger partial charge is 0.268 e. The molecule has 4 heteroatoms. The van der Waals surface area contributed by atoms with Crippen molar-refractivity contribution in [2.75, 3.05) is 4.90 Å². The maximum absolute atomic E-state index is 12.7. The zero-order valence-corrected chi connectivity index (χ0v) is 13.7. The zero-order valence-electron chi connectivity index (χ0n) is 12.9. The monoisotopic (exact) mass is 325 g/mol. The normalized spacial score (nSPS) is 15.0. The molecule has 2 aromatic carbocycles. The van der Waals surface area contributed by atoms with Crippen LogP contribution in [0.1, 0.15) is 30.9 Å². The van der Waals surface area contributed by atoms with Crippen LogP contribution in [0.5, 0.6) is 0 Å². The fourth-order valence-corrected chi connectivity index (χ4v) is 2.88. The molecule has 0 saturated heterocycles. The molecule has 0 aromatic heterocycles. The van der Waals surface area contributed by atoms with Crippen LogP contribution in [0.15, 0.2) is 59.6 Å². The SMILES string of the molecule is CC(C)c1ccc(N2C(=O)C(Cl)=C(c3ccccc3)C2=O)cc1. The summed E-state index contributed by atoms with van der Waals surface area (Å²) in [5, 5.41) is -0.0332. The van der Waals surface area contributed by atoms with Crippen LogP contribution < -0.4 is 4.90 Å². The molecule has 1 aliphatic rings. The Kier molecular flexibility index (Phi) is 4.05. The van der Waals surface area contributed by atoms with E-state index in [4.69, 9.17) is 11.6 Å². The molecule has 0 unspecified atom stereocenters. The lowest BCUT2D eigenvalue weighted by molar-refractivity contribution is -0.119. The molecule has 0 radical (unpaired) electrons. The summed E-state index contributed by atoms with van der Waals surface area (Å²) in [6.07, 6.45) is 0. The fourth-order valence-electron chi connectivity index (χ4n) is 2.60. The third kappa shape index (κ3) is 2.68. The van der Waals surface area contributed by atoms with Crippen molar-refractivity contribution in [3.05, 3.63) is 70.8 Å². The predicted molar refractivity (Wildman–Crippen MR) is 92.2 cm³/mol. The van der Waals surface area contributed by atoms with Crippen molar-refractivity contribution in [1.82, 2.24) is 0 Å². The molecular formula is C19H16ClNO2. The minimum absolute atomic E-state index is 0.0332. The summed E-state index contributed by atoms with van der Waals surface area (Å²) >= 11 is 6.15. The molecule has 1 aliphatic heterocycles. The molecule has 23 heavy (non-hydrogen) atoms. The molecule has 116 valence electrons. The molecule has 2 aromatic rings. The van der Waals surface area contributed by atoms with E-state index in [-0.39, 0.29) is 16.5 Å². The van der Waals surface area contributed by atoms with Crippen LogP contribution in [-0.4, -0.2) is 11.8 Å². The van der Waals surface area contributed by atoms with Crippen LogP contribution in [0.25, 0.3) is 5.57 Å². The van der Waals surface area contributed by atoms with Gasteiger partial charge in [-0.25, -0.2) is 4.90 Å². The highest BCUT2D eigenvalue weighted by Crippen LogP contribution is 2.35. The van der Waals surface area contributed by atoms with Crippen molar-refractivity contribution in [3.8, 4) is 0 Å². The minimum Gasteiger partial charge on any atom is -0.268 e. The molecule has 3 rings (SSSR count). The first kappa shape index (κ1) is 15.5. The third-order valence-electron chi connectivity index (χ3n) is 3.91. The van der Waals surface area contributed by atoms with Gasteiger partial charge in [0.2, 0.25) is 0 Å². The number of rotatable bonds is 3. The number of carbonyl (C=O) groups is 2. The van der Waals surface area contributed by atoms with Gasteiger partial charge in [-0.15, -0.1) is 0 Å². The van der Waals surface area contributed by atoms with Crippen LogP contribution in [-0.2, 0) is 9.59 Å². The van der Waals surface area contributed by atoms with E-state index < -0.39 is 5.91 Å². The van der Waals surface area contributed by atoms with Gasteiger partial charge in [-0.3, -0.25) is 9.59 Å². The van der Waals surface area contributed by atoms with E-state index in [1.165, 1.54) is 0 Å². The fraction of sp³-hybridized carbons (Fsp3) is 0.158. The summed E-state index contributed by atoms with van der Waals surface area (Å²) in [4.78, 5) is 26.3. The molecule has 0 spiro atoms. The van der Waals surface area contributed by atoms with Gasteiger partial charge in [0, 0.05) is 0 Å². The van der Waals surface area contributed by atoms with Crippen molar-refractivity contribution in [1.29, 1.82) is 0 Å². The summed E-state index contributed by atoms with van der Waals surface area (Å²) in [6.45, 7) is 4.18. The second kappa shape index (κ2) is 6.01. The van der Waals surface area contributed by atoms with Crippen molar-refractivity contribution in [3.63, 3.8) is 0 Å². The molecular weight excluding hydrogens is 310 g/mol. The number of hydrogen-bond acceptors (Lipinski definition) is 2. The number of carbonyl (C=O) groups excluding carboxylic acids is 2. The van der Waals surface area contributed by atoms with Gasteiger partial charge in [-0.2, -0.15) is 0 Å². The summed E-state index contributed by atoms with van der Waals surface area (Å²) in [7, 11) is 0. The largest absolute Gasteiger partial charge is 0.277 e. The molecule has 0 bridgehead atoms. The summed E-state index contributed by atoms with van der Waals surface area (Å²) < 4.78 is 0. The topological polar surface area (TPSA) is 37.4 Å². The van der Waals surface area contributed by atoms with Crippen LogP contribution in [0.4, 0.5) is 5.69 Å². The summed E-state index contributed by atoms with van der Waals surface area (Å²) in [5.41, 5.74) is 2.59. The van der Waals surface area contributed by atoms with Crippen LogP contribution >= 0.6 is 11.6 Å². The van der Waals surface area contributed by atoms with Crippen molar-refractivity contribution >= 4 is 34.7 Å².